The molecule has 0 saturated carbocycles. The number of benzene rings is 2. The highest BCUT2D eigenvalue weighted by molar-refractivity contribution is 6.30. The van der Waals surface area contributed by atoms with Crippen molar-refractivity contribution in [2.24, 2.45) is 0 Å². The summed E-state index contributed by atoms with van der Waals surface area (Å²) >= 11 is 5.94. The van der Waals surface area contributed by atoms with Crippen molar-refractivity contribution >= 4 is 34.8 Å². The van der Waals surface area contributed by atoms with Gasteiger partial charge in [-0.1, -0.05) is 23.7 Å². The van der Waals surface area contributed by atoms with E-state index in [0.717, 1.165) is 16.8 Å². The molecular formula is C23H21ClIN3O2. The SMILES string of the molecule is Cc1ccc(N2C(=O)C[n+]3ccccc3C2C(=O)Nc2ccc(Cl)cc2)cc1C.[I-]. The second-order valence-electron chi connectivity index (χ2n) is 7.18. The van der Waals surface area contributed by atoms with Gasteiger partial charge in [0.2, 0.25) is 18.3 Å². The average Bonchev–Trinajstić information content (AvgIpc) is 2.71. The van der Waals surface area contributed by atoms with E-state index in [0.29, 0.717) is 16.4 Å². The number of hydrogen-bond acceptors (Lipinski definition) is 2. The predicted molar refractivity (Wildman–Crippen MR) is 113 cm³/mol. The molecule has 1 unspecified atom stereocenters. The number of amides is 2. The van der Waals surface area contributed by atoms with Crippen LogP contribution in [0.4, 0.5) is 11.4 Å². The van der Waals surface area contributed by atoms with Gasteiger partial charge in [0, 0.05) is 28.5 Å². The summed E-state index contributed by atoms with van der Waals surface area (Å²) in [5, 5.41) is 3.51. The number of carbonyl (C=O) groups is 2. The van der Waals surface area contributed by atoms with Crippen LogP contribution in [0, 0.1) is 13.8 Å². The fraction of sp³-hybridized carbons (Fsp3) is 0.174. The lowest BCUT2D eigenvalue weighted by Crippen LogP contribution is -3.00. The molecule has 2 heterocycles. The second kappa shape index (κ2) is 9.14. The van der Waals surface area contributed by atoms with Crippen molar-refractivity contribution in [3.05, 3.63) is 88.7 Å². The highest BCUT2D eigenvalue weighted by Gasteiger charge is 2.43. The van der Waals surface area contributed by atoms with E-state index in [1.807, 2.05) is 61.0 Å². The number of fused-ring (bicyclic) bond motifs is 1. The van der Waals surface area contributed by atoms with Gasteiger partial charge in [-0.15, -0.1) is 0 Å². The van der Waals surface area contributed by atoms with Gasteiger partial charge < -0.3 is 29.3 Å². The van der Waals surface area contributed by atoms with E-state index in [-0.39, 0.29) is 42.3 Å². The second-order valence-corrected chi connectivity index (χ2v) is 7.62. The van der Waals surface area contributed by atoms with Gasteiger partial charge in [0.1, 0.15) is 0 Å². The van der Waals surface area contributed by atoms with Gasteiger partial charge in [0.15, 0.2) is 6.20 Å². The molecule has 7 heteroatoms. The van der Waals surface area contributed by atoms with E-state index in [2.05, 4.69) is 5.32 Å². The number of nitrogens with one attached hydrogen (secondary N) is 1. The molecular weight excluding hydrogens is 513 g/mol. The summed E-state index contributed by atoms with van der Waals surface area (Å²) in [6.45, 7) is 4.21. The Hall–Kier alpha value is -2.45. The van der Waals surface area contributed by atoms with E-state index >= 15 is 0 Å². The van der Waals surface area contributed by atoms with Crippen LogP contribution in [0.2, 0.25) is 5.02 Å². The third-order valence-corrected chi connectivity index (χ3v) is 5.47. The molecule has 30 heavy (non-hydrogen) atoms. The molecule has 4 rings (SSSR count). The van der Waals surface area contributed by atoms with Gasteiger partial charge in [-0.05, 0) is 61.4 Å². The standard InChI is InChI=1S/C23H20ClN3O2.HI/c1-15-6-11-19(13-16(15)2)27-21(28)14-26-12-4-3-5-20(26)22(27)23(29)25-18-9-7-17(24)8-10-18;/h3-13,22H,14H2,1-2H3;1H. The zero-order chi connectivity index (χ0) is 20.5. The van der Waals surface area contributed by atoms with Crippen molar-refractivity contribution < 1.29 is 38.1 Å². The molecule has 0 radical (unpaired) electrons. The Morgan fingerprint density at radius 2 is 1.80 bits per heavy atom. The lowest BCUT2D eigenvalue weighted by Gasteiger charge is -2.32. The number of hydrogen-bond donors (Lipinski definition) is 1. The summed E-state index contributed by atoms with van der Waals surface area (Å²) in [6, 6.07) is 17.6. The average molecular weight is 534 g/mol. The zero-order valence-electron chi connectivity index (χ0n) is 16.6. The first kappa shape index (κ1) is 22.2. The minimum absolute atomic E-state index is 0. The molecule has 1 aromatic heterocycles. The lowest BCUT2D eigenvalue weighted by molar-refractivity contribution is -0.695. The van der Waals surface area contributed by atoms with Crippen LogP contribution in [0.1, 0.15) is 22.9 Å². The van der Waals surface area contributed by atoms with Gasteiger partial charge in [-0.25, -0.2) is 0 Å². The number of nitrogens with zero attached hydrogens (tertiary/aromatic N) is 2. The molecule has 1 aliphatic rings. The third-order valence-electron chi connectivity index (χ3n) is 5.22. The summed E-state index contributed by atoms with van der Waals surface area (Å²) in [7, 11) is 0. The Labute approximate surface area is 197 Å². The minimum atomic E-state index is -0.782. The molecule has 0 spiro atoms. The van der Waals surface area contributed by atoms with E-state index in [1.54, 1.807) is 29.2 Å². The summed E-state index contributed by atoms with van der Waals surface area (Å²) in [4.78, 5) is 28.0. The maximum absolute atomic E-state index is 13.3. The Kier molecular flexibility index (Phi) is 6.77. The number of aryl methyl sites for hydroxylation is 2. The first-order chi connectivity index (χ1) is 13.9. The van der Waals surface area contributed by atoms with Gasteiger partial charge >= 0.3 is 0 Å². The topological polar surface area (TPSA) is 53.3 Å². The number of pyridine rings is 1. The van der Waals surface area contributed by atoms with E-state index in [4.69, 9.17) is 11.6 Å². The Balaban J connectivity index is 0.00000256. The number of carbonyl (C=O) groups excluding carboxylic acids is 2. The molecule has 0 bridgehead atoms. The van der Waals surface area contributed by atoms with Crippen molar-refractivity contribution in [1.29, 1.82) is 0 Å². The number of anilines is 2. The fourth-order valence-electron chi connectivity index (χ4n) is 3.54. The predicted octanol–water partition coefficient (Wildman–Crippen LogP) is 0.975. The van der Waals surface area contributed by atoms with E-state index < -0.39 is 6.04 Å². The Morgan fingerprint density at radius 1 is 1.07 bits per heavy atom. The van der Waals surface area contributed by atoms with Crippen molar-refractivity contribution in [1.82, 2.24) is 0 Å². The summed E-state index contributed by atoms with van der Waals surface area (Å²) in [5.74, 6) is -0.410. The van der Waals surface area contributed by atoms with Crippen molar-refractivity contribution in [3.8, 4) is 0 Å². The maximum atomic E-state index is 13.3. The normalized spacial score (nSPS) is 15.2. The van der Waals surface area contributed by atoms with Crippen LogP contribution in [0.15, 0.2) is 66.9 Å². The number of rotatable bonds is 3. The lowest BCUT2D eigenvalue weighted by atomic mass is 10.0. The van der Waals surface area contributed by atoms with Gasteiger partial charge in [0.05, 0.1) is 0 Å². The summed E-state index contributed by atoms with van der Waals surface area (Å²) in [6.07, 6.45) is 1.83. The highest BCUT2D eigenvalue weighted by Crippen LogP contribution is 2.31. The molecule has 1 atom stereocenters. The largest absolute Gasteiger partial charge is 1.00 e. The first-order valence-corrected chi connectivity index (χ1v) is 9.76. The summed E-state index contributed by atoms with van der Waals surface area (Å²) in [5.41, 5.74) is 4.30. The number of aromatic nitrogens is 1. The molecule has 3 aromatic rings. The van der Waals surface area contributed by atoms with Gasteiger partial charge in [-0.3, -0.25) is 14.5 Å². The monoisotopic (exact) mass is 533 g/mol. The van der Waals surface area contributed by atoms with Crippen LogP contribution in [0.3, 0.4) is 0 Å². The molecule has 154 valence electrons. The maximum Gasteiger partial charge on any atom is 0.294 e. The van der Waals surface area contributed by atoms with Crippen LogP contribution >= 0.6 is 11.6 Å². The molecule has 1 N–H and O–H groups in total. The van der Waals surface area contributed by atoms with Crippen LogP contribution in [0.5, 0.6) is 0 Å². The van der Waals surface area contributed by atoms with Crippen LogP contribution in [0.25, 0.3) is 0 Å². The molecule has 1 aliphatic heterocycles. The van der Waals surface area contributed by atoms with Gasteiger partial charge in [0.25, 0.3) is 11.8 Å². The highest BCUT2D eigenvalue weighted by atomic mass is 127. The molecule has 0 aliphatic carbocycles. The van der Waals surface area contributed by atoms with Crippen LogP contribution in [-0.2, 0) is 16.1 Å². The minimum Gasteiger partial charge on any atom is -1.00 e. The molecule has 0 saturated heterocycles. The van der Waals surface area contributed by atoms with Gasteiger partial charge in [-0.2, -0.15) is 4.57 Å². The fourth-order valence-corrected chi connectivity index (χ4v) is 3.67. The molecule has 0 fully saturated rings. The van der Waals surface area contributed by atoms with Crippen molar-refractivity contribution in [2.75, 3.05) is 10.2 Å². The van der Waals surface area contributed by atoms with Crippen LogP contribution in [-0.4, -0.2) is 11.8 Å². The van der Waals surface area contributed by atoms with E-state index in [9.17, 15) is 9.59 Å². The number of halogens is 2. The van der Waals surface area contributed by atoms with Crippen molar-refractivity contribution in [3.63, 3.8) is 0 Å². The first-order valence-electron chi connectivity index (χ1n) is 9.38. The zero-order valence-corrected chi connectivity index (χ0v) is 19.5. The Bertz CT molecular complexity index is 1100. The van der Waals surface area contributed by atoms with Crippen molar-refractivity contribution in [2.45, 2.75) is 26.4 Å². The summed E-state index contributed by atoms with van der Waals surface area (Å²) < 4.78 is 1.83. The molecule has 5 nitrogen and oxygen atoms in total. The van der Waals surface area contributed by atoms with E-state index in [1.165, 1.54) is 0 Å². The quantitative estimate of drug-likeness (QED) is 0.403. The Morgan fingerprint density at radius 3 is 2.50 bits per heavy atom. The molecule has 2 aromatic carbocycles. The third kappa shape index (κ3) is 4.34. The van der Waals surface area contributed by atoms with Crippen LogP contribution < -0.4 is 38.8 Å². The molecule has 2 amide bonds. The smallest absolute Gasteiger partial charge is 0.294 e.